The number of unbranched alkanes of at least 4 members (excludes halogenated alkanes) is 4. The molecule has 0 saturated heterocycles. The minimum Gasteiger partial charge on any atom is -0.790 e. The second-order valence-corrected chi connectivity index (χ2v) is 7.29. The summed E-state index contributed by atoms with van der Waals surface area (Å²) < 4.78 is 25.7. The number of amides is 1. The van der Waals surface area contributed by atoms with E-state index >= 15 is 0 Å². The number of phosphoric ester groups is 1. The van der Waals surface area contributed by atoms with Gasteiger partial charge in [-0.1, -0.05) is 38.7 Å². The molecular formula is C17H24NNa2O7P. The van der Waals surface area contributed by atoms with E-state index in [0.29, 0.717) is 23.5 Å². The third-order valence-electron chi connectivity index (χ3n) is 4.04. The Morgan fingerprint density at radius 2 is 1.86 bits per heavy atom. The van der Waals surface area contributed by atoms with E-state index in [1.807, 2.05) is 0 Å². The van der Waals surface area contributed by atoms with Crippen LogP contribution < -0.4 is 83.7 Å². The molecule has 1 amide bonds. The summed E-state index contributed by atoms with van der Waals surface area (Å²) in [5.74, 6) is 0.835. The van der Waals surface area contributed by atoms with Crippen molar-refractivity contribution in [1.82, 2.24) is 5.32 Å². The summed E-state index contributed by atoms with van der Waals surface area (Å²) in [6, 6.07) is 4.20. The quantitative estimate of drug-likeness (QED) is 0.214. The first-order chi connectivity index (χ1) is 12.4. The number of ether oxygens (including phenoxy) is 2. The number of phosphoric acid groups is 1. The van der Waals surface area contributed by atoms with Crippen molar-refractivity contribution >= 4 is 13.7 Å². The van der Waals surface area contributed by atoms with Gasteiger partial charge in [0.1, 0.15) is 0 Å². The molecule has 11 heteroatoms. The van der Waals surface area contributed by atoms with E-state index in [1.54, 1.807) is 18.2 Å². The van der Waals surface area contributed by atoms with Crippen LogP contribution in [0.2, 0.25) is 0 Å². The summed E-state index contributed by atoms with van der Waals surface area (Å²) in [6.07, 6.45) is 5.38. The molecule has 1 aromatic carbocycles. The Morgan fingerprint density at radius 1 is 1.18 bits per heavy atom. The molecule has 28 heavy (non-hydrogen) atoms. The van der Waals surface area contributed by atoms with Crippen molar-refractivity contribution in [3.63, 3.8) is 0 Å². The number of benzene rings is 1. The molecule has 1 aliphatic heterocycles. The summed E-state index contributed by atoms with van der Waals surface area (Å²) in [7, 11) is -5.14. The van der Waals surface area contributed by atoms with Crippen LogP contribution in [0.1, 0.15) is 57.1 Å². The largest absolute Gasteiger partial charge is 1.00 e. The van der Waals surface area contributed by atoms with Crippen LogP contribution in [-0.2, 0) is 13.9 Å². The van der Waals surface area contributed by atoms with E-state index in [9.17, 15) is 19.1 Å². The van der Waals surface area contributed by atoms with Crippen molar-refractivity contribution in [2.45, 2.75) is 51.5 Å². The Bertz CT molecular complexity index is 656. The van der Waals surface area contributed by atoms with Gasteiger partial charge in [0.05, 0.1) is 20.5 Å². The second-order valence-electron chi connectivity index (χ2n) is 6.14. The van der Waals surface area contributed by atoms with Crippen molar-refractivity contribution in [3.05, 3.63) is 23.8 Å². The summed E-state index contributed by atoms with van der Waals surface area (Å²) in [6.45, 7) is 1.75. The van der Waals surface area contributed by atoms with Crippen molar-refractivity contribution in [1.29, 1.82) is 0 Å². The Morgan fingerprint density at radius 3 is 2.54 bits per heavy atom. The summed E-state index contributed by atoms with van der Waals surface area (Å²) in [4.78, 5) is 33.8. The minimum atomic E-state index is -5.14. The van der Waals surface area contributed by atoms with Gasteiger partial charge in [-0.2, -0.15) is 0 Å². The molecule has 0 bridgehead atoms. The van der Waals surface area contributed by atoms with Gasteiger partial charge in [0.15, 0.2) is 11.5 Å². The average Bonchev–Trinajstić information content (AvgIpc) is 3.05. The fourth-order valence-electron chi connectivity index (χ4n) is 2.67. The zero-order chi connectivity index (χ0) is 19.0. The van der Waals surface area contributed by atoms with E-state index in [0.717, 1.165) is 32.1 Å². The van der Waals surface area contributed by atoms with E-state index in [-0.39, 0.29) is 71.8 Å². The van der Waals surface area contributed by atoms with Crippen LogP contribution in [0.15, 0.2) is 18.2 Å². The number of rotatable bonds is 11. The Kier molecular flexibility index (Phi) is 14.6. The number of hydrogen-bond donors (Lipinski definition) is 1. The van der Waals surface area contributed by atoms with E-state index in [2.05, 4.69) is 16.8 Å². The molecule has 146 valence electrons. The van der Waals surface area contributed by atoms with E-state index in [4.69, 9.17) is 9.47 Å². The van der Waals surface area contributed by atoms with Crippen molar-refractivity contribution in [2.24, 2.45) is 0 Å². The molecule has 1 aliphatic rings. The van der Waals surface area contributed by atoms with Crippen LogP contribution in [-0.4, -0.2) is 19.3 Å². The SMILES string of the molecule is CCCCCCCC(=O)NC(COP(=O)([O-])[O-])c1ccc2c(c1)OCO2.[Na+].[Na+]. The molecule has 0 aromatic heterocycles. The van der Waals surface area contributed by atoms with Crippen LogP contribution in [0.5, 0.6) is 11.5 Å². The van der Waals surface area contributed by atoms with Crippen molar-refractivity contribution in [2.75, 3.05) is 13.4 Å². The van der Waals surface area contributed by atoms with Gasteiger partial charge >= 0.3 is 59.1 Å². The normalized spacial score (nSPS) is 13.2. The zero-order valence-corrected chi connectivity index (χ0v) is 21.7. The Labute approximate surface area is 209 Å². The first-order valence-electron chi connectivity index (χ1n) is 8.74. The molecule has 0 radical (unpaired) electrons. The third-order valence-corrected chi connectivity index (χ3v) is 4.51. The van der Waals surface area contributed by atoms with E-state index < -0.39 is 20.5 Å². The molecule has 0 aliphatic carbocycles. The monoisotopic (exact) mass is 431 g/mol. The van der Waals surface area contributed by atoms with Crippen LogP contribution in [0, 0.1) is 0 Å². The van der Waals surface area contributed by atoms with Gasteiger partial charge in [0, 0.05) is 6.42 Å². The predicted octanol–water partition coefficient (Wildman–Crippen LogP) is -4.21. The van der Waals surface area contributed by atoms with Gasteiger partial charge in [-0.3, -0.25) is 4.79 Å². The smallest absolute Gasteiger partial charge is 0.790 e. The van der Waals surface area contributed by atoms with Gasteiger partial charge in [-0.25, -0.2) is 0 Å². The standard InChI is InChI=1S/C17H26NO7P.2Na/c1-2-3-4-5-6-7-17(19)18-14(11-25-26(20,21)22)13-8-9-15-16(10-13)24-12-23-15;;/h8-10,14H,2-7,11-12H2,1H3,(H,18,19)(H2,20,21,22);;/q;2*+1/p-2. The van der Waals surface area contributed by atoms with Crippen LogP contribution in [0.4, 0.5) is 0 Å². The molecule has 1 atom stereocenters. The number of carbonyl (C=O) groups is 1. The van der Waals surface area contributed by atoms with Crippen LogP contribution in [0.3, 0.4) is 0 Å². The van der Waals surface area contributed by atoms with E-state index in [1.165, 1.54) is 0 Å². The molecule has 2 rings (SSSR count). The van der Waals surface area contributed by atoms with Gasteiger partial charge in [0.2, 0.25) is 12.7 Å². The summed E-state index contributed by atoms with van der Waals surface area (Å²) in [5, 5.41) is 2.73. The fourth-order valence-corrected chi connectivity index (χ4v) is 3.00. The molecule has 8 nitrogen and oxygen atoms in total. The summed E-state index contributed by atoms with van der Waals surface area (Å²) in [5.41, 5.74) is 0.571. The van der Waals surface area contributed by atoms with Crippen LogP contribution >= 0.6 is 7.82 Å². The van der Waals surface area contributed by atoms with Crippen molar-refractivity contribution < 1.29 is 92.3 Å². The molecule has 1 aromatic rings. The molecular weight excluding hydrogens is 407 g/mol. The topological polar surface area (TPSA) is 120 Å². The van der Waals surface area contributed by atoms with Gasteiger partial charge in [-0.15, -0.1) is 0 Å². The summed E-state index contributed by atoms with van der Waals surface area (Å²) >= 11 is 0. The molecule has 1 N–H and O–H groups in total. The second kappa shape index (κ2) is 14.4. The first kappa shape index (κ1) is 28.4. The minimum absolute atomic E-state index is 0. The molecule has 0 spiro atoms. The average molecular weight is 431 g/mol. The maximum absolute atomic E-state index is 12.2. The number of hydrogen-bond acceptors (Lipinski definition) is 7. The van der Waals surface area contributed by atoms with Gasteiger partial charge < -0.3 is 33.7 Å². The number of nitrogens with one attached hydrogen (secondary N) is 1. The Balaban J connectivity index is 0.00000364. The predicted molar refractivity (Wildman–Crippen MR) is 90.4 cm³/mol. The first-order valence-corrected chi connectivity index (χ1v) is 10.2. The van der Waals surface area contributed by atoms with Crippen molar-refractivity contribution in [3.8, 4) is 11.5 Å². The Hall–Kier alpha value is 0.400. The fraction of sp³-hybridized carbons (Fsp3) is 0.588. The molecule has 1 heterocycles. The zero-order valence-electron chi connectivity index (χ0n) is 16.8. The third kappa shape index (κ3) is 10.4. The maximum atomic E-state index is 12.2. The molecule has 0 fully saturated rings. The number of fused-ring (bicyclic) bond motifs is 1. The molecule has 0 saturated carbocycles. The van der Waals surface area contributed by atoms with Gasteiger partial charge in [-0.05, 0) is 24.1 Å². The van der Waals surface area contributed by atoms with Crippen LogP contribution in [0.25, 0.3) is 0 Å². The molecule has 1 unspecified atom stereocenters. The van der Waals surface area contributed by atoms with Gasteiger partial charge in [0.25, 0.3) is 0 Å². The number of carbonyl (C=O) groups excluding carboxylic acids is 1. The maximum Gasteiger partial charge on any atom is 1.00 e.